The summed E-state index contributed by atoms with van der Waals surface area (Å²) in [5, 5.41) is 2.11. The fourth-order valence-electron chi connectivity index (χ4n) is 8.91. The molecular formula is C61H50N4O. The van der Waals surface area contributed by atoms with Crippen LogP contribution in [0.15, 0.2) is 206 Å². The maximum atomic E-state index is 9.04. The summed E-state index contributed by atoms with van der Waals surface area (Å²) in [6, 6.07) is 39.8. The van der Waals surface area contributed by atoms with Gasteiger partial charge in [0, 0.05) is 28.6 Å². The van der Waals surface area contributed by atoms with Crippen molar-refractivity contribution in [3.8, 4) is 62.1 Å². The topological polar surface area (TPSA) is 35.9 Å². The van der Waals surface area contributed by atoms with Gasteiger partial charge < -0.3 is 4.74 Å². The van der Waals surface area contributed by atoms with Gasteiger partial charge in [0.2, 0.25) is 0 Å². The third kappa shape index (κ3) is 7.33. The first-order valence-corrected chi connectivity index (χ1v) is 22.0. The fraction of sp³-hybridized carbons (Fsp3) is 0.115. The molecule has 0 N–H and O–H groups in total. The van der Waals surface area contributed by atoms with E-state index in [2.05, 4.69) is 94.0 Å². The zero-order valence-electron chi connectivity index (χ0n) is 47.1. The van der Waals surface area contributed by atoms with Crippen molar-refractivity contribution in [2.45, 2.75) is 46.0 Å². The monoisotopic (exact) mass is 864 g/mol. The Morgan fingerprint density at radius 1 is 0.591 bits per heavy atom. The maximum Gasteiger partial charge on any atom is 0.269 e. The van der Waals surface area contributed by atoms with E-state index >= 15 is 0 Å². The minimum absolute atomic E-state index is 0.0389. The molecule has 0 aliphatic rings. The van der Waals surface area contributed by atoms with E-state index in [1.54, 1.807) is 27.3 Å². The van der Waals surface area contributed by atoms with Crippen molar-refractivity contribution in [2.24, 2.45) is 0 Å². The van der Waals surface area contributed by atoms with Gasteiger partial charge in [-0.25, -0.2) is 4.98 Å². The van der Waals surface area contributed by atoms with Gasteiger partial charge in [-0.1, -0.05) is 186 Å². The molecule has 5 nitrogen and oxygen atoms in total. The van der Waals surface area contributed by atoms with Gasteiger partial charge in [-0.2, -0.15) is 0 Å². The van der Waals surface area contributed by atoms with Crippen LogP contribution in [-0.4, -0.2) is 14.1 Å². The summed E-state index contributed by atoms with van der Waals surface area (Å²) in [6.45, 7) is 11.1. The summed E-state index contributed by atoms with van der Waals surface area (Å²) in [5.41, 5.74) is 8.70. The lowest BCUT2D eigenvalue weighted by Gasteiger charge is -2.20. The molecule has 11 aromatic rings. The molecule has 0 aliphatic carbocycles. The van der Waals surface area contributed by atoms with Crippen molar-refractivity contribution in [1.29, 1.82) is 0 Å². The van der Waals surface area contributed by atoms with Crippen LogP contribution in [0.4, 0.5) is 0 Å². The molecule has 3 heterocycles. The number of aromatic nitrogens is 4. The number of imidazole rings is 1. The van der Waals surface area contributed by atoms with Crippen molar-refractivity contribution < 1.29 is 23.0 Å². The van der Waals surface area contributed by atoms with Crippen molar-refractivity contribution in [1.82, 2.24) is 14.1 Å². The van der Waals surface area contributed by atoms with E-state index in [0.717, 1.165) is 38.8 Å². The van der Waals surface area contributed by atoms with E-state index in [-0.39, 0.29) is 39.3 Å². The summed E-state index contributed by atoms with van der Waals surface area (Å²) in [6.07, 6.45) is 5.44. The number of benzene rings is 8. The van der Waals surface area contributed by atoms with E-state index < -0.39 is 60.4 Å². The first-order chi connectivity index (χ1) is 36.3. The molecule has 320 valence electrons. The Bertz CT molecular complexity index is 4030. The van der Waals surface area contributed by atoms with Gasteiger partial charge in [0.25, 0.3) is 6.33 Å². The summed E-state index contributed by atoms with van der Waals surface area (Å²) < 4.78 is 99.6. The van der Waals surface area contributed by atoms with Crippen LogP contribution < -0.4 is 9.30 Å². The van der Waals surface area contributed by atoms with E-state index in [4.69, 9.17) is 23.4 Å². The lowest BCUT2D eigenvalue weighted by Crippen LogP contribution is -2.31. The van der Waals surface area contributed by atoms with Crippen molar-refractivity contribution in [3.05, 3.63) is 224 Å². The van der Waals surface area contributed by atoms with E-state index in [1.807, 2.05) is 79.0 Å². The number of nitrogens with zero attached hydrogens (tertiary/aromatic N) is 4. The van der Waals surface area contributed by atoms with Crippen LogP contribution in [0, 0.1) is 6.33 Å². The quantitative estimate of drug-likeness (QED) is 0.107. The molecule has 0 aliphatic heterocycles. The SMILES string of the molecule is [2H]c1c([2H])c([2H])c(-c2cccc(-c3c([2H])c([2H])c([2H])c([2H])c3[2H])c2-[n+]2[c-]n(-c3cccc(Oc4ccc5c6ccccc6n(-c6cc(C(C)C)c(-c7ccc(C(C)(C)C)cc7)cn6)c5c4)c3)c3ccccc32)c([2H])c1[2H]. The van der Waals surface area contributed by atoms with Crippen molar-refractivity contribution >= 4 is 32.8 Å². The molecule has 3 aromatic heterocycles. The second-order valence-corrected chi connectivity index (χ2v) is 17.7. The van der Waals surface area contributed by atoms with Crippen molar-refractivity contribution in [3.63, 3.8) is 0 Å². The maximum absolute atomic E-state index is 9.04. The Balaban J connectivity index is 1.04. The highest BCUT2D eigenvalue weighted by atomic mass is 16.5. The molecule has 0 atom stereocenters. The van der Waals surface area contributed by atoms with E-state index in [1.165, 1.54) is 11.1 Å². The third-order valence-corrected chi connectivity index (χ3v) is 12.2. The molecule has 0 saturated carbocycles. The second kappa shape index (κ2) is 16.5. The van der Waals surface area contributed by atoms with Crippen LogP contribution in [-0.2, 0) is 5.41 Å². The summed E-state index contributed by atoms with van der Waals surface area (Å²) >= 11 is 0. The average molecular weight is 865 g/mol. The predicted octanol–water partition coefficient (Wildman–Crippen LogP) is 15.4. The first-order valence-electron chi connectivity index (χ1n) is 27.0. The molecule has 5 heteroatoms. The Labute approximate surface area is 400 Å². The highest BCUT2D eigenvalue weighted by Crippen LogP contribution is 2.39. The van der Waals surface area contributed by atoms with Crippen molar-refractivity contribution in [2.75, 3.05) is 0 Å². The number of rotatable bonds is 9. The summed E-state index contributed by atoms with van der Waals surface area (Å²) in [4.78, 5) is 5.13. The second-order valence-electron chi connectivity index (χ2n) is 17.7. The molecule has 11 rings (SSSR count). The van der Waals surface area contributed by atoms with Gasteiger partial charge in [-0.3, -0.25) is 13.7 Å². The average Bonchev–Trinajstić information content (AvgIpc) is 3.99. The highest BCUT2D eigenvalue weighted by Gasteiger charge is 2.21. The largest absolute Gasteiger partial charge is 0.458 e. The molecule has 0 amide bonds. The number of hydrogen-bond acceptors (Lipinski definition) is 2. The number of pyridine rings is 1. The van der Waals surface area contributed by atoms with E-state index in [0.29, 0.717) is 28.2 Å². The molecule has 0 fully saturated rings. The Hall–Kier alpha value is -8.02. The molecule has 0 unspecified atom stereocenters. The number of ether oxygens (including phenoxy) is 1. The standard InChI is InChI=1S/C61H50N4O/c1-41(2)53-38-59(62-39-54(53)44-30-32-45(33-31-44)61(3,4)5)65-55-27-13-12-24-51(55)52-35-34-48(37-58(52)65)66-47-23-16-22-46(36-47)63-40-64(57-29-15-14-28-56(57)63)60-49(42-18-8-6-9-19-42)25-17-26-50(60)43-20-10-7-11-21-43/h6-39,41H,1-5H3/i6D,7D,8D,9D,10D,11D,18D,19D,20D,21D. The molecule has 0 radical (unpaired) electrons. The molecule has 66 heavy (non-hydrogen) atoms. The fourth-order valence-corrected chi connectivity index (χ4v) is 8.91. The molecule has 8 aromatic carbocycles. The number of hydrogen-bond donors (Lipinski definition) is 0. The van der Waals surface area contributed by atoms with Gasteiger partial charge >= 0.3 is 0 Å². The zero-order valence-corrected chi connectivity index (χ0v) is 37.1. The Morgan fingerprint density at radius 2 is 1.23 bits per heavy atom. The summed E-state index contributed by atoms with van der Waals surface area (Å²) in [7, 11) is 0. The Kier molecular flexibility index (Phi) is 7.75. The third-order valence-electron chi connectivity index (χ3n) is 12.2. The lowest BCUT2D eigenvalue weighted by molar-refractivity contribution is -0.571. The molecule has 0 saturated heterocycles. The van der Waals surface area contributed by atoms with Gasteiger partial charge in [0.05, 0.1) is 47.1 Å². The smallest absolute Gasteiger partial charge is 0.269 e. The number of fused-ring (bicyclic) bond motifs is 4. The minimum atomic E-state index is -0.567. The van der Waals surface area contributed by atoms with Gasteiger partial charge in [-0.05, 0) is 92.7 Å². The number of para-hydroxylation sites is 4. The van der Waals surface area contributed by atoms with Gasteiger partial charge in [0.15, 0.2) is 0 Å². The lowest BCUT2D eigenvalue weighted by atomic mass is 9.85. The van der Waals surface area contributed by atoms with Crippen LogP contribution in [0.3, 0.4) is 0 Å². The normalized spacial score (nSPS) is 14.0. The first kappa shape index (κ1) is 31.0. The highest BCUT2D eigenvalue weighted by molar-refractivity contribution is 6.09. The van der Waals surface area contributed by atoms with Crippen LogP contribution in [0.2, 0.25) is 0 Å². The van der Waals surface area contributed by atoms with Gasteiger partial charge in [-0.15, -0.1) is 0 Å². The van der Waals surface area contributed by atoms with Gasteiger partial charge in [0.1, 0.15) is 17.3 Å². The zero-order chi connectivity index (χ0) is 53.6. The minimum Gasteiger partial charge on any atom is -0.458 e. The summed E-state index contributed by atoms with van der Waals surface area (Å²) in [5.74, 6) is 2.10. The predicted molar refractivity (Wildman–Crippen MR) is 271 cm³/mol. The Morgan fingerprint density at radius 3 is 1.92 bits per heavy atom. The van der Waals surface area contributed by atoms with E-state index in [9.17, 15) is 0 Å². The van der Waals surface area contributed by atoms with Crippen LogP contribution >= 0.6 is 0 Å². The molecule has 0 spiro atoms. The molecule has 0 bridgehead atoms. The van der Waals surface area contributed by atoms with Crippen LogP contribution in [0.5, 0.6) is 11.5 Å². The van der Waals surface area contributed by atoms with Crippen LogP contribution in [0.25, 0.3) is 83.4 Å². The molecular weight excluding hydrogens is 805 g/mol. The van der Waals surface area contributed by atoms with Crippen LogP contribution in [0.1, 0.15) is 65.4 Å².